The average molecular weight is 301 g/mol. The van der Waals surface area contributed by atoms with Gasteiger partial charge in [0.05, 0.1) is 17.9 Å². The molecular weight excluding hydrogens is 282 g/mol. The van der Waals surface area contributed by atoms with Gasteiger partial charge in [-0.05, 0) is 31.5 Å². The quantitative estimate of drug-likeness (QED) is 0.773. The van der Waals surface area contributed by atoms with Crippen LogP contribution in [0.15, 0.2) is 29.2 Å². The lowest BCUT2D eigenvalue weighted by atomic mass is 10.2. The van der Waals surface area contributed by atoms with Gasteiger partial charge in [-0.3, -0.25) is 4.79 Å². The second kappa shape index (κ2) is 6.83. The van der Waals surface area contributed by atoms with Gasteiger partial charge in [0.25, 0.3) is 0 Å². The van der Waals surface area contributed by atoms with E-state index in [0.29, 0.717) is 5.56 Å². The van der Waals surface area contributed by atoms with Crippen molar-refractivity contribution in [1.29, 1.82) is 0 Å². The van der Waals surface area contributed by atoms with Gasteiger partial charge in [0.1, 0.15) is 0 Å². The largest absolute Gasteiger partial charge is 0.481 e. The minimum Gasteiger partial charge on any atom is -0.481 e. The molecule has 7 heteroatoms. The van der Waals surface area contributed by atoms with Crippen LogP contribution >= 0.6 is 0 Å². The third-order valence-electron chi connectivity index (χ3n) is 2.78. The number of aliphatic carboxylic acids is 1. The van der Waals surface area contributed by atoms with Gasteiger partial charge < -0.3 is 10.2 Å². The molecule has 6 nitrogen and oxygen atoms in total. The van der Waals surface area contributed by atoms with Gasteiger partial charge in [0, 0.05) is 12.6 Å². The lowest BCUT2D eigenvalue weighted by molar-refractivity contribution is -0.136. The molecule has 0 atom stereocenters. The number of benzene rings is 1. The number of aliphatic hydroxyl groups is 1. The molecule has 2 N–H and O–H groups in total. The zero-order valence-electron chi connectivity index (χ0n) is 11.5. The van der Waals surface area contributed by atoms with Crippen molar-refractivity contribution in [2.75, 3.05) is 13.2 Å². The van der Waals surface area contributed by atoms with E-state index in [-0.39, 0.29) is 30.5 Å². The van der Waals surface area contributed by atoms with Gasteiger partial charge >= 0.3 is 5.97 Å². The summed E-state index contributed by atoms with van der Waals surface area (Å²) in [6, 6.07) is 5.48. The van der Waals surface area contributed by atoms with Crippen LogP contribution in [0.4, 0.5) is 0 Å². The molecule has 112 valence electrons. The molecule has 1 aromatic rings. The van der Waals surface area contributed by atoms with E-state index in [1.54, 1.807) is 13.8 Å². The Morgan fingerprint density at radius 1 is 1.25 bits per heavy atom. The highest BCUT2D eigenvalue weighted by atomic mass is 32.2. The Bertz CT molecular complexity index is 551. The fourth-order valence-electron chi connectivity index (χ4n) is 1.84. The molecule has 0 radical (unpaired) electrons. The maximum atomic E-state index is 12.4. The number of nitrogens with zero attached hydrogens (tertiary/aromatic N) is 1. The number of carboxylic acid groups (broad SMARTS) is 1. The molecule has 0 fully saturated rings. The minimum atomic E-state index is -3.68. The molecule has 0 saturated carbocycles. The molecule has 1 aromatic carbocycles. The van der Waals surface area contributed by atoms with Gasteiger partial charge in [-0.15, -0.1) is 0 Å². The molecule has 0 unspecified atom stereocenters. The molecule has 0 saturated heterocycles. The summed E-state index contributed by atoms with van der Waals surface area (Å²) >= 11 is 0. The Morgan fingerprint density at radius 3 is 2.20 bits per heavy atom. The van der Waals surface area contributed by atoms with E-state index >= 15 is 0 Å². The number of carbonyl (C=O) groups is 1. The smallest absolute Gasteiger partial charge is 0.307 e. The van der Waals surface area contributed by atoms with Crippen LogP contribution in [0, 0.1) is 0 Å². The molecule has 0 aliphatic rings. The van der Waals surface area contributed by atoms with Crippen LogP contribution in [0.25, 0.3) is 0 Å². The average Bonchev–Trinajstić information content (AvgIpc) is 2.35. The minimum absolute atomic E-state index is 0.0247. The Hall–Kier alpha value is -1.44. The summed E-state index contributed by atoms with van der Waals surface area (Å²) in [5.74, 6) is -0.968. The first kappa shape index (κ1) is 16.6. The van der Waals surface area contributed by atoms with Crippen LogP contribution in [0.3, 0.4) is 0 Å². The van der Waals surface area contributed by atoms with Crippen molar-refractivity contribution in [3.63, 3.8) is 0 Å². The summed E-state index contributed by atoms with van der Waals surface area (Å²) in [5.41, 5.74) is 0.537. The maximum Gasteiger partial charge on any atom is 0.307 e. The summed E-state index contributed by atoms with van der Waals surface area (Å²) in [5, 5.41) is 17.6. The molecule has 0 heterocycles. The van der Waals surface area contributed by atoms with Gasteiger partial charge in [-0.2, -0.15) is 4.31 Å². The van der Waals surface area contributed by atoms with Crippen molar-refractivity contribution in [2.24, 2.45) is 0 Å². The Morgan fingerprint density at radius 2 is 1.80 bits per heavy atom. The van der Waals surface area contributed by atoms with Crippen molar-refractivity contribution in [3.8, 4) is 0 Å². The molecule has 0 aliphatic carbocycles. The summed E-state index contributed by atoms with van der Waals surface area (Å²) in [6.45, 7) is 3.23. The number of hydrogen-bond acceptors (Lipinski definition) is 4. The third kappa shape index (κ3) is 4.03. The molecule has 1 rings (SSSR count). The van der Waals surface area contributed by atoms with E-state index in [2.05, 4.69) is 0 Å². The lowest BCUT2D eigenvalue weighted by Crippen LogP contribution is -2.38. The summed E-state index contributed by atoms with van der Waals surface area (Å²) in [4.78, 5) is 10.7. The molecule has 0 aliphatic heterocycles. The fraction of sp³-hybridized carbons (Fsp3) is 0.462. The molecule has 20 heavy (non-hydrogen) atoms. The normalized spacial score (nSPS) is 12.1. The van der Waals surface area contributed by atoms with Crippen molar-refractivity contribution < 1.29 is 23.4 Å². The van der Waals surface area contributed by atoms with Gasteiger partial charge in [0.15, 0.2) is 0 Å². The Labute approximate surface area is 118 Å². The van der Waals surface area contributed by atoms with Crippen LogP contribution in [-0.2, 0) is 21.2 Å². The van der Waals surface area contributed by atoms with Crippen LogP contribution in [0.1, 0.15) is 19.4 Å². The van der Waals surface area contributed by atoms with Crippen LogP contribution in [-0.4, -0.2) is 48.1 Å². The second-order valence-corrected chi connectivity index (χ2v) is 6.54. The van der Waals surface area contributed by atoms with Crippen molar-refractivity contribution in [3.05, 3.63) is 29.8 Å². The van der Waals surface area contributed by atoms with Crippen LogP contribution in [0.5, 0.6) is 0 Å². The number of sulfonamides is 1. The topological polar surface area (TPSA) is 94.9 Å². The van der Waals surface area contributed by atoms with E-state index in [0.717, 1.165) is 0 Å². The van der Waals surface area contributed by atoms with E-state index in [1.165, 1.54) is 28.6 Å². The standard InChI is InChI=1S/C13H19NO5S/c1-10(2)14(7-8-15)20(18,19)12-5-3-11(4-6-12)9-13(16)17/h3-6,10,15H,7-9H2,1-2H3,(H,16,17). The van der Waals surface area contributed by atoms with Crippen molar-refractivity contribution >= 4 is 16.0 Å². The predicted octanol–water partition coefficient (Wildman–Crippen LogP) is 0.705. The summed E-state index contributed by atoms with van der Waals surface area (Å²) < 4.78 is 26.0. The number of hydrogen-bond donors (Lipinski definition) is 2. The fourth-order valence-corrected chi connectivity index (χ4v) is 3.47. The highest BCUT2D eigenvalue weighted by Crippen LogP contribution is 2.18. The van der Waals surface area contributed by atoms with Crippen molar-refractivity contribution in [1.82, 2.24) is 4.31 Å². The third-order valence-corrected chi connectivity index (χ3v) is 4.87. The van der Waals surface area contributed by atoms with Crippen LogP contribution in [0.2, 0.25) is 0 Å². The highest BCUT2D eigenvalue weighted by molar-refractivity contribution is 7.89. The zero-order chi connectivity index (χ0) is 15.3. The second-order valence-electron chi connectivity index (χ2n) is 4.65. The molecule has 0 bridgehead atoms. The van der Waals surface area contributed by atoms with Crippen molar-refractivity contribution in [2.45, 2.75) is 31.2 Å². The number of rotatable bonds is 7. The summed E-state index contributed by atoms with van der Waals surface area (Å²) in [6.07, 6.45) is -0.148. The van der Waals surface area contributed by atoms with E-state index in [1.807, 2.05) is 0 Å². The number of carboxylic acids is 1. The SMILES string of the molecule is CC(C)N(CCO)S(=O)(=O)c1ccc(CC(=O)O)cc1. The zero-order valence-corrected chi connectivity index (χ0v) is 12.3. The summed E-state index contributed by atoms with van der Waals surface area (Å²) in [7, 11) is -3.68. The van der Waals surface area contributed by atoms with E-state index in [4.69, 9.17) is 10.2 Å². The first-order chi connectivity index (χ1) is 9.28. The van der Waals surface area contributed by atoms with Crippen LogP contribution < -0.4 is 0 Å². The number of aliphatic hydroxyl groups excluding tert-OH is 1. The monoisotopic (exact) mass is 301 g/mol. The van der Waals surface area contributed by atoms with E-state index < -0.39 is 16.0 Å². The lowest BCUT2D eigenvalue weighted by Gasteiger charge is -2.25. The first-order valence-electron chi connectivity index (χ1n) is 6.22. The molecular formula is C13H19NO5S. The van der Waals surface area contributed by atoms with E-state index in [9.17, 15) is 13.2 Å². The first-order valence-corrected chi connectivity index (χ1v) is 7.66. The highest BCUT2D eigenvalue weighted by Gasteiger charge is 2.26. The van der Waals surface area contributed by atoms with Gasteiger partial charge in [0.2, 0.25) is 10.0 Å². The molecule has 0 amide bonds. The maximum absolute atomic E-state index is 12.4. The van der Waals surface area contributed by atoms with Gasteiger partial charge in [-0.1, -0.05) is 12.1 Å². The predicted molar refractivity (Wildman–Crippen MR) is 73.9 cm³/mol. The Balaban J connectivity index is 3.05. The Kier molecular flexibility index (Phi) is 5.67. The molecule has 0 aromatic heterocycles. The van der Waals surface area contributed by atoms with Gasteiger partial charge in [-0.25, -0.2) is 8.42 Å². The molecule has 0 spiro atoms.